The molecule has 0 unspecified atom stereocenters. The first kappa shape index (κ1) is 23.9. The molecule has 38 heavy (non-hydrogen) atoms. The zero-order chi connectivity index (χ0) is 25.7. The summed E-state index contributed by atoms with van der Waals surface area (Å²) < 4.78 is 5.36. The minimum absolute atomic E-state index is 0.152. The second-order valence-electron chi connectivity index (χ2n) is 9.79. The largest absolute Gasteiger partial charge is 0.497 e. The molecule has 0 saturated carbocycles. The van der Waals surface area contributed by atoms with Crippen LogP contribution in [0.3, 0.4) is 0 Å². The van der Waals surface area contributed by atoms with E-state index < -0.39 is 0 Å². The molecule has 0 aliphatic carbocycles. The Kier molecular flexibility index (Phi) is 6.82. The van der Waals surface area contributed by atoms with E-state index in [1.807, 2.05) is 12.1 Å². The molecule has 0 amide bonds. The Morgan fingerprint density at radius 2 is 1.13 bits per heavy atom. The first-order valence-corrected chi connectivity index (χ1v) is 13.1. The lowest BCUT2D eigenvalue weighted by molar-refractivity contribution is 0.251. The Hall–Kier alpha value is -4.50. The van der Waals surface area contributed by atoms with E-state index >= 15 is 0 Å². The fourth-order valence-electron chi connectivity index (χ4n) is 5.20. The van der Waals surface area contributed by atoms with Gasteiger partial charge in [0.1, 0.15) is 5.75 Å². The third-order valence-corrected chi connectivity index (χ3v) is 7.30. The van der Waals surface area contributed by atoms with Crippen molar-refractivity contribution >= 4 is 21.5 Å². The fourth-order valence-corrected chi connectivity index (χ4v) is 5.20. The lowest BCUT2D eigenvalue weighted by Crippen LogP contribution is -2.34. The van der Waals surface area contributed by atoms with E-state index in [2.05, 4.69) is 126 Å². The second-order valence-corrected chi connectivity index (χ2v) is 9.79. The van der Waals surface area contributed by atoms with E-state index in [4.69, 9.17) is 4.74 Å². The molecule has 1 saturated heterocycles. The maximum atomic E-state index is 5.36. The summed E-state index contributed by atoms with van der Waals surface area (Å²) in [6.07, 6.45) is 2.02. The summed E-state index contributed by atoms with van der Waals surface area (Å²) in [6, 6.07) is 38.4. The number of hydrogen-bond donors (Lipinski definition) is 0. The smallest absolute Gasteiger partial charge is 0.118 e. The first-order chi connectivity index (χ1) is 18.7. The van der Waals surface area contributed by atoms with Gasteiger partial charge in [-0.15, -0.1) is 0 Å². The Morgan fingerprint density at radius 3 is 1.63 bits per heavy atom. The Labute approximate surface area is 224 Å². The third-order valence-electron chi connectivity index (χ3n) is 7.30. The van der Waals surface area contributed by atoms with Crippen LogP contribution in [0.2, 0.25) is 0 Å². The molecular weight excluding hydrogens is 462 g/mol. The average Bonchev–Trinajstić information content (AvgIpc) is 3.36. The molecule has 2 heteroatoms. The van der Waals surface area contributed by atoms with E-state index in [1.54, 1.807) is 7.11 Å². The molecule has 184 valence electrons. The van der Waals surface area contributed by atoms with Gasteiger partial charge in [-0.3, -0.25) is 4.90 Å². The maximum absolute atomic E-state index is 5.36. The van der Waals surface area contributed by atoms with Crippen LogP contribution in [0.1, 0.15) is 29.5 Å². The summed E-state index contributed by atoms with van der Waals surface area (Å²) in [6.45, 7) is 0.804. The van der Waals surface area contributed by atoms with Crippen LogP contribution >= 0.6 is 0 Å². The van der Waals surface area contributed by atoms with Gasteiger partial charge in [-0.05, 0) is 76.3 Å². The van der Waals surface area contributed by atoms with Crippen molar-refractivity contribution in [2.24, 2.45) is 0 Å². The molecular formula is C36H29NO. The topological polar surface area (TPSA) is 12.5 Å². The van der Waals surface area contributed by atoms with E-state index in [9.17, 15) is 0 Å². The summed E-state index contributed by atoms with van der Waals surface area (Å²) in [4.78, 5) is 2.46. The number of likely N-dealkylation sites (tertiary alicyclic amines) is 1. The van der Waals surface area contributed by atoms with E-state index in [0.29, 0.717) is 0 Å². The molecule has 0 N–H and O–H groups in total. The number of ether oxygens (including phenoxy) is 1. The minimum atomic E-state index is 0.152. The maximum Gasteiger partial charge on any atom is 0.118 e. The van der Waals surface area contributed by atoms with Crippen molar-refractivity contribution in [2.45, 2.75) is 31.5 Å². The first-order valence-electron chi connectivity index (χ1n) is 13.1. The van der Waals surface area contributed by atoms with Crippen LogP contribution in [0.5, 0.6) is 5.75 Å². The van der Waals surface area contributed by atoms with Gasteiger partial charge in [0.15, 0.2) is 0 Å². The van der Waals surface area contributed by atoms with Crippen LogP contribution in [0.25, 0.3) is 21.5 Å². The lowest BCUT2D eigenvalue weighted by atomic mass is 10.1. The van der Waals surface area contributed by atoms with Crippen LogP contribution in [0.15, 0.2) is 109 Å². The highest BCUT2D eigenvalue weighted by molar-refractivity contribution is 5.84. The highest BCUT2D eigenvalue weighted by atomic mass is 16.5. The van der Waals surface area contributed by atoms with Crippen molar-refractivity contribution in [2.75, 3.05) is 7.11 Å². The number of methoxy groups -OCH3 is 1. The minimum Gasteiger partial charge on any atom is -0.497 e. The summed E-state index contributed by atoms with van der Waals surface area (Å²) in [5.41, 5.74) is 3.35. The molecule has 2 atom stereocenters. The van der Waals surface area contributed by atoms with Gasteiger partial charge < -0.3 is 4.74 Å². The molecule has 1 fully saturated rings. The number of rotatable bonds is 3. The summed E-state index contributed by atoms with van der Waals surface area (Å²) in [7, 11) is 1.70. The van der Waals surface area contributed by atoms with Gasteiger partial charge in [0.2, 0.25) is 0 Å². The Morgan fingerprint density at radius 1 is 0.632 bits per heavy atom. The van der Waals surface area contributed by atoms with Gasteiger partial charge in [0, 0.05) is 17.7 Å². The molecule has 0 radical (unpaired) electrons. The molecule has 6 rings (SSSR count). The average molecular weight is 492 g/mol. The van der Waals surface area contributed by atoms with Crippen molar-refractivity contribution in [1.82, 2.24) is 4.90 Å². The second kappa shape index (κ2) is 10.9. The number of hydrogen-bond acceptors (Lipinski definition) is 2. The van der Waals surface area contributed by atoms with Gasteiger partial charge in [-0.25, -0.2) is 0 Å². The van der Waals surface area contributed by atoms with E-state index in [1.165, 1.54) is 27.1 Å². The van der Waals surface area contributed by atoms with Crippen molar-refractivity contribution in [3.8, 4) is 29.4 Å². The summed E-state index contributed by atoms with van der Waals surface area (Å²) in [5.74, 6) is 15.0. The van der Waals surface area contributed by atoms with Crippen LogP contribution in [-0.4, -0.2) is 24.1 Å². The fraction of sp³-hybridized carbons (Fsp3) is 0.167. The Bertz CT molecular complexity index is 1610. The molecule has 2 nitrogen and oxygen atoms in total. The van der Waals surface area contributed by atoms with Gasteiger partial charge in [-0.1, -0.05) is 96.5 Å². The normalized spacial score (nSPS) is 17.0. The van der Waals surface area contributed by atoms with Gasteiger partial charge >= 0.3 is 0 Å². The quantitative estimate of drug-likeness (QED) is 0.243. The molecule has 1 heterocycles. The number of nitrogens with zero attached hydrogens (tertiary/aromatic N) is 1. The van der Waals surface area contributed by atoms with Crippen LogP contribution in [-0.2, 0) is 6.54 Å². The molecule has 0 spiro atoms. The summed E-state index contributed by atoms with van der Waals surface area (Å²) >= 11 is 0. The molecule has 5 aromatic carbocycles. The highest BCUT2D eigenvalue weighted by Gasteiger charge is 2.31. The predicted molar refractivity (Wildman–Crippen MR) is 157 cm³/mol. The number of benzene rings is 5. The Balaban J connectivity index is 1.28. The van der Waals surface area contributed by atoms with Gasteiger partial charge in [0.25, 0.3) is 0 Å². The van der Waals surface area contributed by atoms with E-state index in [0.717, 1.165) is 36.3 Å². The highest BCUT2D eigenvalue weighted by Crippen LogP contribution is 2.27. The van der Waals surface area contributed by atoms with Gasteiger partial charge in [-0.2, -0.15) is 0 Å². The van der Waals surface area contributed by atoms with Crippen molar-refractivity contribution in [3.05, 3.63) is 126 Å². The molecule has 1 aliphatic heterocycles. The standard InChI is InChI=1S/C36H29NO/c1-38-36-22-14-29(15-23-36)26-37-34(18-12-27-10-16-30-6-2-4-8-32(30)24-27)20-21-35(37)19-13-28-11-17-31-7-3-5-9-33(31)25-28/h2-11,14-17,22-25,34-35H,20-21,26H2,1H3/t34-,35-/m0/s1. The monoisotopic (exact) mass is 491 g/mol. The molecule has 0 aromatic heterocycles. The predicted octanol–water partition coefficient (Wildman–Crippen LogP) is 7.44. The summed E-state index contributed by atoms with van der Waals surface area (Å²) in [5, 5.41) is 4.92. The van der Waals surface area contributed by atoms with Crippen LogP contribution in [0, 0.1) is 23.7 Å². The van der Waals surface area contributed by atoms with Crippen LogP contribution < -0.4 is 4.74 Å². The number of fused-ring (bicyclic) bond motifs is 2. The van der Waals surface area contributed by atoms with Crippen molar-refractivity contribution in [1.29, 1.82) is 0 Å². The SMILES string of the molecule is COc1ccc(CN2[C@@H](C#Cc3ccc4ccccc4c3)CC[C@@H]2C#Cc2ccc3ccccc3c2)cc1. The van der Waals surface area contributed by atoms with E-state index in [-0.39, 0.29) is 12.1 Å². The van der Waals surface area contributed by atoms with Crippen molar-refractivity contribution in [3.63, 3.8) is 0 Å². The zero-order valence-electron chi connectivity index (χ0n) is 21.5. The molecule has 0 bridgehead atoms. The molecule has 5 aromatic rings. The van der Waals surface area contributed by atoms with Crippen molar-refractivity contribution < 1.29 is 4.74 Å². The third kappa shape index (κ3) is 5.28. The van der Waals surface area contributed by atoms with Crippen LogP contribution in [0.4, 0.5) is 0 Å². The zero-order valence-corrected chi connectivity index (χ0v) is 21.5. The molecule has 1 aliphatic rings. The lowest BCUT2D eigenvalue weighted by Gasteiger charge is -2.24. The van der Waals surface area contributed by atoms with Gasteiger partial charge in [0.05, 0.1) is 19.2 Å².